The molecular weight excluding hydrogens is 429 g/mol. The van der Waals surface area contributed by atoms with Gasteiger partial charge in [-0.25, -0.2) is 9.79 Å². The minimum atomic E-state index is -0.443. The fraction of sp³-hybridized carbons (Fsp3) is 0.200. The number of benzene rings is 2. The summed E-state index contributed by atoms with van der Waals surface area (Å²) in [5.41, 5.74) is 1.92. The molecule has 128 valence electrons. The second-order valence-electron chi connectivity index (χ2n) is 6.12. The van der Waals surface area contributed by atoms with Crippen molar-refractivity contribution < 1.29 is 14.3 Å². The Kier molecular flexibility index (Phi) is 5.53. The van der Waals surface area contributed by atoms with Gasteiger partial charge in [-0.3, -0.25) is 0 Å². The highest BCUT2D eigenvalue weighted by atomic mass is 127. The van der Waals surface area contributed by atoms with Gasteiger partial charge >= 0.3 is 5.97 Å². The minimum absolute atomic E-state index is 0.287. The van der Waals surface area contributed by atoms with Gasteiger partial charge < -0.3 is 9.47 Å². The normalized spacial score (nSPS) is 15.4. The molecule has 2 aromatic carbocycles. The van der Waals surface area contributed by atoms with Crippen LogP contribution in [0.4, 0.5) is 0 Å². The van der Waals surface area contributed by atoms with E-state index in [9.17, 15) is 4.79 Å². The molecule has 0 aromatic heterocycles. The zero-order chi connectivity index (χ0) is 17.8. The van der Waals surface area contributed by atoms with E-state index < -0.39 is 5.97 Å². The molecule has 25 heavy (non-hydrogen) atoms. The van der Waals surface area contributed by atoms with Crippen LogP contribution >= 0.6 is 22.6 Å². The van der Waals surface area contributed by atoms with Gasteiger partial charge in [0.2, 0.25) is 5.90 Å². The number of rotatable bonds is 5. The fourth-order valence-electron chi connectivity index (χ4n) is 2.24. The summed E-state index contributed by atoms with van der Waals surface area (Å²) in [6.45, 7) is 4.85. The first-order chi connectivity index (χ1) is 12.0. The molecule has 0 fully saturated rings. The van der Waals surface area contributed by atoms with Gasteiger partial charge in [-0.15, -0.1) is 0 Å². The topological polar surface area (TPSA) is 47.9 Å². The highest BCUT2D eigenvalue weighted by molar-refractivity contribution is 14.1. The van der Waals surface area contributed by atoms with Gasteiger partial charge in [-0.2, -0.15) is 0 Å². The Balaban J connectivity index is 1.82. The summed E-state index contributed by atoms with van der Waals surface area (Å²) in [5.74, 6) is 1.12. The molecule has 0 radical (unpaired) electrons. The van der Waals surface area contributed by atoms with E-state index in [1.807, 2.05) is 48.5 Å². The molecule has 3 rings (SSSR count). The number of hydrogen-bond acceptors (Lipinski definition) is 4. The second-order valence-corrected chi connectivity index (χ2v) is 7.37. The van der Waals surface area contributed by atoms with Crippen molar-refractivity contribution in [3.8, 4) is 5.75 Å². The van der Waals surface area contributed by atoms with Gasteiger partial charge in [0.25, 0.3) is 0 Å². The number of esters is 1. The van der Waals surface area contributed by atoms with Crippen molar-refractivity contribution >= 4 is 40.5 Å². The maximum atomic E-state index is 12.1. The zero-order valence-electron chi connectivity index (χ0n) is 14.0. The van der Waals surface area contributed by atoms with Gasteiger partial charge in [-0.1, -0.05) is 26.0 Å². The SMILES string of the molecule is CC(C)COc1cccc(/C=C2\N=C(c3ccc(I)cc3)OC2=O)c1. The number of cyclic esters (lactones) is 1. The molecule has 0 N–H and O–H groups in total. The number of carbonyl (C=O) groups excluding carboxylic acids is 1. The monoisotopic (exact) mass is 447 g/mol. The van der Waals surface area contributed by atoms with Gasteiger partial charge in [0, 0.05) is 9.13 Å². The maximum Gasteiger partial charge on any atom is 0.363 e. The van der Waals surface area contributed by atoms with Crippen molar-refractivity contribution in [2.45, 2.75) is 13.8 Å². The molecule has 0 unspecified atom stereocenters. The molecule has 0 bridgehead atoms. The van der Waals surface area contributed by atoms with E-state index >= 15 is 0 Å². The van der Waals surface area contributed by atoms with E-state index in [4.69, 9.17) is 9.47 Å². The average Bonchev–Trinajstić information content (AvgIpc) is 2.95. The van der Waals surface area contributed by atoms with Crippen LogP contribution in [0, 0.1) is 9.49 Å². The largest absolute Gasteiger partial charge is 0.493 e. The third-order valence-corrected chi connectivity index (χ3v) is 4.18. The summed E-state index contributed by atoms with van der Waals surface area (Å²) < 4.78 is 12.1. The van der Waals surface area contributed by atoms with Crippen LogP contribution in [0.25, 0.3) is 6.08 Å². The van der Waals surface area contributed by atoms with Crippen LogP contribution < -0.4 is 4.74 Å². The van der Waals surface area contributed by atoms with Gasteiger partial charge in [0.05, 0.1) is 6.61 Å². The lowest BCUT2D eigenvalue weighted by Crippen LogP contribution is -2.05. The van der Waals surface area contributed by atoms with E-state index in [0.29, 0.717) is 18.4 Å². The summed E-state index contributed by atoms with van der Waals surface area (Å²) >= 11 is 2.23. The van der Waals surface area contributed by atoms with Gasteiger partial charge in [0.15, 0.2) is 5.70 Å². The lowest BCUT2D eigenvalue weighted by molar-refractivity contribution is -0.129. The van der Waals surface area contributed by atoms with Crippen LogP contribution in [-0.4, -0.2) is 18.5 Å². The number of aliphatic imine (C=N–C) groups is 1. The highest BCUT2D eigenvalue weighted by Crippen LogP contribution is 2.22. The van der Waals surface area contributed by atoms with Crippen molar-refractivity contribution in [1.29, 1.82) is 0 Å². The number of hydrogen-bond donors (Lipinski definition) is 0. The summed E-state index contributed by atoms with van der Waals surface area (Å²) in [6.07, 6.45) is 1.71. The third kappa shape index (κ3) is 4.69. The summed E-state index contributed by atoms with van der Waals surface area (Å²) in [6, 6.07) is 15.3. The van der Waals surface area contributed by atoms with Crippen molar-refractivity contribution in [2.24, 2.45) is 10.9 Å². The van der Waals surface area contributed by atoms with Gasteiger partial charge in [-0.05, 0) is 76.5 Å². The van der Waals surface area contributed by atoms with Crippen LogP contribution in [0.1, 0.15) is 25.0 Å². The molecule has 0 spiro atoms. The standard InChI is InChI=1S/C20H18INO3/c1-13(2)12-24-17-5-3-4-14(10-17)11-18-20(23)25-19(22-18)15-6-8-16(21)9-7-15/h3-11,13H,12H2,1-2H3/b18-11-. The third-order valence-electron chi connectivity index (χ3n) is 3.46. The van der Waals surface area contributed by atoms with Crippen molar-refractivity contribution in [3.63, 3.8) is 0 Å². The number of nitrogens with zero attached hydrogens (tertiary/aromatic N) is 1. The maximum absolute atomic E-state index is 12.1. The fourth-order valence-corrected chi connectivity index (χ4v) is 2.60. The quantitative estimate of drug-likeness (QED) is 0.380. The van der Waals surface area contributed by atoms with Crippen LogP contribution in [0.2, 0.25) is 0 Å². The number of halogens is 1. The van der Waals surface area contributed by atoms with Gasteiger partial charge in [0.1, 0.15) is 5.75 Å². The molecule has 5 heteroatoms. The van der Waals surface area contributed by atoms with Crippen LogP contribution in [-0.2, 0) is 9.53 Å². The Bertz CT molecular complexity index is 838. The van der Waals surface area contributed by atoms with E-state index in [0.717, 1.165) is 20.4 Å². The molecular formula is C20H18INO3. The van der Waals surface area contributed by atoms with Crippen molar-refractivity contribution in [3.05, 3.63) is 68.9 Å². The smallest absolute Gasteiger partial charge is 0.363 e. The zero-order valence-corrected chi connectivity index (χ0v) is 16.2. The number of carbonyl (C=O) groups is 1. The predicted octanol–water partition coefficient (Wildman–Crippen LogP) is 4.67. The lowest BCUT2D eigenvalue weighted by Gasteiger charge is -2.08. The van der Waals surface area contributed by atoms with E-state index in [2.05, 4.69) is 41.4 Å². The molecule has 0 amide bonds. The minimum Gasteiger partial charge on any atom is -0.493 e. The first-order valence-electron chi connectivity index (χ1n) is 8.02. The van der Waals surface area contributed by atoms with Crippen LogP contribution in [0.3, 0.4) is 0 Å². The summed E-state index contributed by atoms with van der Waals surface area (Å²) in [7, 11) is 0. The predicted molar refractivity (Wildman–Crippen MR) is 107 cm³/mol. The molecule has 0 saturated carbocycles. The van der Waals surface area contributed by atoms with E-state index in [1.165, 1.54) is 0 Å². The van der Waals surface area contributed by atoms with Crippen molar-refractivity contribution in [1.82, 2.24) is 0 Å². The summed E-state index contributed by atoms with van der Waals surface area (Å²) in [4.78, 5) is 16.4. The Morgan fingerprint density at radius 3 is 2.68 bits per heavy atom. The Labute approximate surface area is 160 Å². The Morgan fingerprint density at radius 2 is 1.96 bits per heavy atom. The van der Waals surface area contributed by atoms with Crippen LogP contribution in [0.5, 0.6) is 5.75 Å². The molecule has 0 atom stereocenters. The molecule has 1 heterocycles. The van der Waals surface area contributed by atoms with E-state index in [1.54, 1.807) is 6.08 Å². The molecule has 1 aliphatic rings. The van der Waals surface area contributed by atoms with Crippen LogP contribution in [0.15, 0.2) is 59.2 Å². The Morgan fingerprint density at radius 1 is 1.20 bits per heavy atom. The Hall–Kier alpha value is -2.15. The van der Waals surface area contributed by atoms with E-state index in [-0.39, 0.29) is 5.70 Å². The lowest BCUT2D eigenvalue weighted by atomic mass is 10.2. The van der Waals surface area contributed by atoms with Crippen molar-refractivity contribution in [2.75, 3.05) is 6.61 Å². The summed E-state index contributed by atoms with van der Waals surface area (Å²) in [5, 5.41) is 0. The molecule has 0 aliphatic carbocycles. The second kappa shape index (κ2) is 7.82. The molecule has 0 saturated heterocycles. The first kappa shape index (κ1) is 17.7. The first-order valence-corrected chi connectivity index (χ1v) is 9.10. The highest BCUT2D eigenvalue weighted by Gasteiger charge is 2.24. The number of ether oxygens (including phenoxy) is 2. The molecule has 2 aromatic rings. The average molecular weight is 447 g/mol. The molecule has 4 nitrogen and oxygen atoms in total. The molecule has 1 aliphatic heterocycles.